The summed E-state index contributed by atoms with van der Waals surface area (Å²) in [5, 5.41) is 10.9. The van der Waals surface area contributed by atoms with Crippen molar-refractivity contribution in [3.63, 3.8) is 0 Å². The van der Waals surface area contributed by atoms with Gasteiger partial charge in [0.15, 0.2) is 5.82 Å². The summed E-state index contributed by atoms with van der Waals surface area (Å²) >= 11 is 0. The van der Waals surface area contributed by atoms with Crippen LogP contribution in [0.1, 0.15) is 6.92 Å². The number of fused-ring (bicyclic) bond motifs is 1. The van der Waals surface area contributed by atoms with Gasteiger partial charge in [-0.25, -0.2) is 0 Å². The predicted molar refractivity (Wildman–Crippen MR) is 100 cm³/mol. The van der Waals surface area contributed by atoms with Gasteiger partial charge in [0.2, 0.25) is 17.8 Å². The molecule has 1 aliphatic heterocycles. The Bertz CT molecular complexity index is 966. The first-order chi connectivity index (χ1) is 13.1. The number of benzene rings is 1. The van der Waals surface area contributed by atoms with Gasteiger partial charge in [0.05, 0.1) is 24.9 Å². The van der Waals surface area contributed by atoms with Gasteiger partial charge >= 0.3 is 0 Å². The fraction of sp³-hybridized carbons (Fsp3) is 0.353. The van der Waals surface area contributed by atoms with E-state index in [0.717, 1.165) is 16.5 Å². The van der Waals surface area contributed by atoms with Crippen LogP contribution in [0.4, 0.5) is 11.9 Å². The van der Waals surface area contributed by atoms with Crippen molar-refractivity contribution in [1.29, 1.82) is 0 Å². The highest BCUT2D eigenvalue weighted by Gasteiger charge is 2.20. The Hall–Kier alpha value is -3.27. The largest absolute Gasteiger partial charge is 0.378 e. The molecule has 1 unspecified atom stereocenters. The molecule has 2 aromatic heterocycles. The molecular formula is C17H20N8O2. The van der Waals surface area contributed by atoms with E-state index in [2.05, 4.69) is 30.5 Å². The molecule has 140 valence electrons. The summed E-state index contributed by atoms with van der Waals surface area (Å²) in [6.07, 6.45) is 1.74. The number of nitrogens with zero attached hydrogens (tertiary/aromatic N) is 5. The Morgan fingerprint density at radius 1 is 1.30 bits per heavy atom. The number of ether oxygens (including phenoxy) is 1. The zero-order valence-electron chi connectivity index (χ0n) is 14.8. The summed E-state index contributed by atoms with van der Waals surface area (Å²) in [4.78, 5) is 27.1. The smallest absolute Gasteiger partial charge is 0.239 e. The zero-order valence-corrected chi connectivity index (χ0v) is 14.8. The molecule has 1 saturated heterocycles. The fourth-order valence-corrected chi connectivity index (χ4v) is 2.88. The number of rotatable bonds is 5. The van der Waals surface area contributed by atoms with Crippen molar-refractivity contribution >= 4 is 28.7 Å². The molecule has 3 aromatic rings. The van der Waals surface area contributed by atoms with E-state index in [1.54, 1.807) is 13.1 Å². The molecule has 4 N–H and O–H groups in total. The van der Waals surface area contributed by atoms with E-state index in [-0.39, 0.29) is 0 Å². The van der Waals surface area contributed by atoms with E-state index in [1.807, 2.05) is 23.1 Å². The average molecular weight is 368 g/mol. The van der Waals surface area contributed by atoms with E-state index in [9.17, 15) is 4.79 Å². The summed E-state index contributed by atoms with van der Waals surface area (Å²) in [5.74, 6) is 0.843. The van der Waals surface area contributed by atoms with Crippen LogP contribution in [0.2, 0.25) is 0 Å². The van der Waals surface area contributed by atoms with Crippen molar-refractivity contribution in [2.45, 2.75) is 13.0 Å². The lowest BCUT2D eigenvalue weighted by molar-refractivity contribution is -0.118. The number of morpholine rings is 1. The average Bonchev–Trinajstić information content (AvgIpc) is 3.17. The van der Waals surface area contributed by atoms with Crippen LogP contribution < -0.4 is 16.0 Å². The molecule has 0 saturated carbocycles. The Kier molecular flexibility index (Phi) is 4.55. The van der Waals surface area contributed by atoms with Gasteiger partial charge in [-0.3, -0.25) is 9.89 Å². The van der Waals surface area contributed by atoms with Crippen LogP contribution in [0.5, 0.6) is 0 Å². The predicted octanol–water partition coefficient (Wildman–Crippen LogP) is 0.537. The van der Waals surface area contributed by atoms with Crippen LogP contribution in [0.3, 0.4) is 0 Å². The standard InChI is InChI=1S/C17H20N8O2/c1-10(14(18)26)20-16-21-15(11-3-2-4-13-12(11)9-19-24-13)22-17(23-16)25-5-7-27-8-6-25/h2-4,9-10H,5-8H2,1H3,(H2,18,26)(H,19,24)(H,20,21,22,23). The van der Waals surface area contributed by atoms with Crippen molar-refractivity contribution in [1.82, 2.24) is 25.1 Å². The number of hydrogen-bond acceptors (Lipinski definition) is 8. The van der Waals surface area contributed by atoms with E-state index in [0.29, 0.717) is 44.0 Å². The summed E-state index contributed by atoms with van der Waals surface area (Å²) in [7, 11) is 0. The molecule has 10 heteroatoms. The number of primary amides is 1. The maximum absolute atomic E-state index is 11.4. The van der Waals surface area contributed by atoms with Crippen molar-refractivity contribution in [2.75, 3.05) is 36.5 Å². The highest BCUT2D eigenvalue weighted by molar-refractivity contribution is 5.92. The third-order valence-electron chi connectivity index (χ3n) is 4.42. The normalized spacial score (nSPS) is 15.7. The minimum atomic E-state index is -0.609. The van der Waals surface area contributed by atoms with Crippen molar-refractivity contribution < 1.29 is 9.53 Å². The lowest BCUT2D eigenvalue weighted by Crippen LogP contribution is -2.38. The lowest BCUT2D eigenvalue weighted by Gasteiger charge is -2.27. The number of anilines is 2. The number of hydrogen-bond donors (Lipinski definition) is 3. The maximum Gasteiger partial charge on any atom is 0.239 e. The first kappa shape index (κ1) is 17.2. The maximum atomic E-state index is 11.4. The van der Waals surface area contributed by atoms with Gasteiger partial charge in [0.1, 0.15) is 6.04 Å². The number of nitrogens with one attached hydrogen (secondary N) is 2. The van der Waals surface area contributed by atoms with Gasteiger partial charge in [-0.05, 0) is 13.0 Å². The first-order valence-electron chi connectivity index (χ1n) is 8.69. The lowest BCUT2D eigenvalue weighted by atomic mass is 10.1. The third-order valence-corrected chi connectivity index (χ3v) is 4.42. The van der Waals surface area contributed by atoms with Gasteiger partial charge in [-0.15, -0.1) is 0 Å². The molecule has 0 radical (unpaired) electrons. The van der Waals surface area contributed by atoms with Gasteiger partial charge in [-0.1, -0.05) is 12.1 Å². The topological polar surface area (TPSA) is 135 Å². The molecule has 0 spiro atoms. The molecule has 10 nitrogen and oxygen atoms in total. The first-order valence-corrected chi connectivity index (χ1v) is 8.69. The van der Waals surface area contributed by atoms with E-state index in [1.165, 1.54) is 0 Å². The molecule has 3 heterocycles. The van der Waals surface area contributed by atoms with Gasteiger partial charge in [-0.2, -0.15) is 20.1 Å². The third kappa shape index (κ3) is 3.51. The Labute approximate surface area is 155 Å². The van der Waals surface area contributed by atoms with Gasteiger partial charge < -0.3 is 20.7 Å². The van der Waals surface area contributed by atoms with Crippen LogP contribution in [-0.4, -0.2) is 63.4 Å². The molecule has 0 bridgehead atoms. The molecule has 1 aromatic carbocycles. The summed E-state index contributed by atoms with van der Waals surface area (Å²) < 4.78 is 5.41. The minimum Gasteiger partial charge on any atom is -0.378 e. The van der Waals surface area contributed by atoms with Crippen molar-refractivity contribution in [3.8, 4) is 11.4 Å². The molecule has 1 atom stereocenters. The number of H-pyrrole nitrogens is 1. The van der Waals surface area contributed by atoms with Crippen LogP contribution in [0.25, 0.3) is 22.3 Å². The number of carbonyl (C=O) groups excluding carboxylic acids is 1. The van der Waals surface area contributed by atoms with Gasteiger partial charge in [0, 0.05) is 24.0 Å². The monoisotopic (exact) mass is 368 g/mol. The van der Waals surface area contributed by atoms with E-state index in [4.69, 9.17) is 10.5 Å². The summed E-state index contributed by atoms with van der Waals surface area (Å²) in [5.41, 5.74) is 7.08. The Morgan fingerprint density at radius 3 is 2.89 bits per heavy atom. The van der Waals surface area contributed by atoms with Gasteiger partial charge in [0.25, 0.3) is 0 Å². The second-order valence-electron chi connectivity index (χ2n) is 6.29. The van der Waals surface area contributed by atoms with Crippen LogP contribution in [-0.2, 0) is 9.53 Å². The molecule has 27 heavy (non-hydrogen) atoms. The molecular weight excluding hydrogens is 348 g/mol. The van der Waals surface area contributed by atoms with E-state index >= 15 is 0 Å². The molecule has 0 aliphatic carbocycles. The molecule has 1 aliphatic rings. The Balaban J connectivity index is 1.79. The molecule has 1 amide bonds. The molecule has 1 fully saturated rings. The molecule has 4 rings (SSSR count). The van der Waals surface area contributed by atoms with E-state index < -0.39 is 11.9 Å². The second-order valence-corrected chi connectivity index (χ2v) is 6.29. The summed E-state index contributed by atoms with van der Waals surface area (Å²) in [6, 6.07) is 5.16. The van der Waals surface area contributed by atoms with Crippen LogP contribution in [0.15, 0.2) is 24.4 Å². The second kappa shape index (κ2) is 7.16. The van der Waals surface area contributed by atoms with Crippen LogP contribution >= 0.6 is 0 Å². The van der Waals surface area contributed by atoms with Crippen LogP contribution in [0, 0.1) is 0 Å². The van der Waals surface area contributed by atoms with Crippen molar-refractivity contribution in [3.05, 3.63) is 24.4 Å². The Morgan fingerprint density at radius 2 is 2.11 bits per heavy atom. The number of aromatic nitrogens is 5. The highest BCUT2D eigenvalue weighted by atomic mass is 16.5. The number of carbonyl (C=O) groups is 1. The SMILES string of the molecule is CC(Nc1nc(-c2cccc3[nH]ncc23)nc(N2CCOCC2)n1)C(N)=O. The number of nitrogens with two attached hydrogens (primary N) is 1. The quantitative estimate of drug-likeness (QED) is 0.594. The summed E-state index contributed by atoms with van der Waals surface area (Å²) in [6.45, 7) is 4.25. The highest BCUT2D eigenvalue weighted by Crippen LogP contribution is 2.27. The zero-order chi connectivity index (χ0) is 18.8. The number of aromatic amines is 1. The van der Waals surface area contributed by atoms with Crippen molar-refractivity contribution in [2.24, 2.45) is 5.73 Å². The minimum absolute atomic E-state index is 0.299. The fourth-order valence-electron chi connectivity index (χ4n) is 2.88. The number of amides is 1.